The molecule has 0 radical (unpaired) electrons. The van der Waals surface area contributed by atoms with E-state index in [0.29, 0.717) is 23.9 Å². The average molecular weight is 241 g/mol. The Morgan fingerprint density at radius 1 is 1.44 bits per heavy atom. The van der Waals surface area contributed by atoms with Crippen molar-refractivity contribution in [2.75, 3.05) is 17.7 Å². The van der Waals surface area contributed by atoms with Crippen LogP contribution in [0, 0.1) is 11.3 Å². The third kappa shape index (κ3) is 2.68. The summed E-state index contributed by atoms with van der Waals surface area (Å²) in [5.74, 6) is 0.929. The SMILES string of the molecule is CNc1ncc(C#N)c(NCc2cccnn2)n1. The largest absolute Gasteiger partial charge is 0.363 e. The molecule has 2 heterocycles. The Labute approximate surface area is 104 Å². The van der Waals surface area contributed by atoms with Crippen LogP contribution in [0.25, 0.3) is 0 Å². The van der Waals surface area contributed by atoms with Crippen LogP contribution in [0.4, 0.5) is 11.8 Å². The first kappa shape index (κ1) is 11.7. The third-order valence-electron chi connectivity index (χ3n) is 2.20. The van der Waals surface area contributed by atoms with E-state index in [1.807, 2.05) is 12.1 Å². The molecular weight excluding hydrogens is 230 g/mol. The molecule has 2 rings (SSSR count). The second kappa shape index (κ2) is 5.54. The van der Waals surface area contributed by atoms with Crippen molar-refractivity contribution >= 4 is 11.8 Å². The molecule has 0 unspecified atom stereocenters. The number of nitriles is 1. The molecule has 0 saturated carbocycles. The van der Waals surface area contributed by atoms with Crippen LogP contribution in [0.2, 0.25) is 0 Å². The van der Waals surface area contributed by atoms with Gasteiger partial charge in [0.05, 0.1) is 18.4 Å². The molecule has 0 fully saturated rings. The summed E-state index contributed by atoms with van der Waals surface area (Å²) < 4.78 is 0. The van der Waals surface area contributed by atoms with E-state index in [0.717, 1.165) is 5.69 Å². The lowest BCUT2D eigenvalue weighted by Gasteiger charge is -2.07. The van der Waals surface area contributed by atoms with E-state index in [1.54, 1.807) is 19.3 Å². The second-order valence-electron chi connectivity index (χ2n) is 3.39. The quantitative estimate of drug-likeness (QED) is 0.816. The Morgan fingerprint density at radius 2 is 2.33 bits per heavy atom. The maximum atomic E-state index is 8.96. The summed E-state index contributed by atoms with van der Waals surface area (Å²) in [4.78, 5) is 8.14. The number of nitrogens with zero attached hydrogens (tertiary/aromatic N) is 5. The molecule has 2 aromatic rings. The van der Waals surface area contributed by atoms with Crippen molar-refractivity contribution < 1.29 is 0 Å². The highest BCUT2D eigenvalue weighted by Crippen LogP contribution is 2.13. The number of nitrogens with one attached hydrogen (secondary N) is 2. The minimum atomic E-state index is 0.387. The van der Waals surface area contributed by atoms with Crippen molar-refractivity contribution in [3.8, 4) is 6.07 Å². The standard InChI is InChI=1S/C11H11N7/c1-13-11-15-6-8(5-12)10(17-11)14-7-9-3-2-4-16-18-9/h2-4,6H,7H2,1H3,(H2,13,14,15,17). The lowest BCUT2D eigenvalue weighted by molar-refractivity contribution is 0.918. The van der Waals surface area contributed by atoms with Gasteiger partial charge in [0.15, 0.2) is 0 Å². The van der Waals surface area contributed by atoms with Crippen LogP contribution in [-0.4, -0.2) is 27.2 Å². The fraction of sp³-hybridized carbons (Fsp3) is 0.182. The van der Waals surface area contributed by atoms with Crippen LogP contribution >= 0.6 is 0 Å². The van der Waals surface area contributed by atoms with E-state index in [-0.39, 0.29) is 0 Å². The molecule has 2 aromatic heterocycles. The number of rotatable bonds is 4. The monoisotopic (exact) mass is 241 g/mol. The molecule has 18 heavy (non-hydrogen) atoms. The highest BCUT2D eigenvalue weighted by molar-refractivity contribution is 5.53. The van der Waals surface area contributed by atoms with Crippen molar-refractivity contribution in [3.63, 3.8) is 0 Å². The first-order chi connectivity index (χ1) is 8.83. The van der Waals surface area contributed by atoms with Crippen LogP contribution in [0.1, 0.15) is 11.3 Å². The Balaban J connectivity index is 2.15. The summed E-state index contributed by atoms with van der Waals surface area (Å²) >= 11 is 0. The predicted molar refractivity (Wildman–Crippen MR) is 65.7 cm³/mol. The van der Waals surface area contributed by atoms with Gasteiger partial charge in [-0.1, -0.05) is 0 Å². The zero-order chi connectivity index (χ0) is 12.8. The fourth-order valence-electron chi connectivity index (χ4n) is 1.32. The summed E-state index contributed by atoms with van der Waals surface area (Å²) in [6.45, 7) is 0.447. The minimum absolute atomic E-state index is 0.387. The Hall–Kier alpha value is -2.75. The van der Waals surface area contributed by atoms with E-state index in [4.69, 9.17) is 5.26 Å². The first-order valence-corrected chi connectivity index (χ1v) is 5.29. The van der Waals surface area contributed by atoms with Crippen molar-refractivity contribution in [1.29, 1.82) is 5.26 Å². The fourth-order valence-corrected chi connectivity index (χ4v) is 1.32. The van der Waals surface area contributed by atoms with Gasteiger partial charge in [0.25, 0.3) is 0 Å². The second-order valence-corrected chi connectivity index (χ2v) is 3.39. The van der Waals surface area contributed by atoms with Crippen LogP contribution in [0.15, 0.2) is 24.5 Å². The molecular formula is C11H11N7. The van der Waals surface area contributed by atoms with Crippen molar-refractivity contribution in [3.05, 3.63) is 35.8 Å². The molecule has 0 atom stereocenters. The maximum absolute atomic E-state index is 8.96. The summed E-state index contributed by atoms with van der Waals surface area (Å²) in [6, 6.07) is 5.67. The molecule has 0 bridgehead atoms. The van der Waals surface area contributed by atoms with E-state index in [2.05, 4.69) is 30.8 Å². The third-order valence-corrected chi connectivity index (χ3v) is 2.20. The van der Waals surface area contributed by atoms with Crippen molar-refractivity contribution in [1.82, 2.24) is 20.2 Å². The van der Waals surface area contributed by atoms with E-state index in [1.165, 1.54) is 6.20 Å². The smallest absolute Gasteiger partial charge is 0.224 e. The van der Waals surface area contributed by atoms with Gasteiger partial charge >= 0.3 is 0 Å². The van der Waals surface area contributed by atoms with Crippen LogP contribution in [0.3, 0.4) is 0 Å². The Morgan fingerprint density at radius 3 is 3.00 bits per heavy atom. The van der Waals surface area contributed by atoms with Crippen LogP contribution < -0.4 is 10.6 Å². The summed E-state index contributed by atoms with van der Waals surface area (Å²) in [6.07, 6.45) is 3.08. The van der Waals surface area contributed by atoms with E-state index >= 15 is 0 Å². The molecule has 0 amide bonds. The molecule has 0 saturated heterocycles. The maximum Gasteiger partial charge on any atom is 0.224 e. The van der Waals surface area contributed by atoms with Gasteiger partial charge in [0, 0.05) is 13.2 Å². The number of aromatic nitrogens is 4. The van der Waals surface area contributed by atoms with Crippen LogP contribution in [-0.2, 0) is 6.54 Å². The zero-order valence-electron chi connectivity index (χ0n) is 9.75. The molecule has 0 aromatic carbocycles. The van der Waals surface area contributed by atoms with E-state index in [9.17, 15) is 0 Å². The van der Waals surface area contributed by atoms with Gasteiger partial charge in [-0.2, -0.15) is 20.4 Å². The molecule has 7 nitrogen and oxygen atoms in total. The Bertz CT molecular complexity index is 561. The Kier molecular flexibility index (Phi) is 3.61. The highest BCUT2D eigenvalue weighted by Gasteiger charge is 2.06. The van der Waals surface area contributed by atoms with Gasteiger partial charge in [-0.15, -0.1) is 0 Å². The van der Waals surface area contributed by atoms with Gasteiger partial charge in [0.1, 0.15) is 17.5 Å². The summed E-state index contributed by atoms with van der Waals surface area (Å²) in [5.41, 5.74) is 1.16. The highest BCUT2D eigenvalue weighted by atomic mass is 15.1. The predicted octanol–water partition coefficient (Wildman–Crippen LogP) is 0.792. The molecule has 90 valence electrons. The lowest BCUT2D eigenvalue weighted by atomic mass is 10.3. The topological polar surface area (TPSA) is 99.4 Å². The van der Waals surface area contributed by atoms with Crippen LogP contribution in [0.5, 0.6) is 0 Å². The molecule has 2 N–H and O–H groups in total. The van der Waals surface area contributed by atoms with Gasteiger partial charge in [0.2, 0.25) is 5.95 Å². The average Bonchev–Trinajstić information content (AvgIpc) is 2.45. The number of hydrogen-bond acceptors (Lipinski definition) is 7. The minimum Gasteiger partial charge on any atom is -0.363 e. The first-order valence-electron chi connectivity index (χ1n) is 5.29. The van der Waals surface area contributed by atoms with E-state index < -0.39 is 0 Å². The van der Waals surface area contributed by atoms with Crippen molar-refractivity contribution in [2.24, 2.45) is 0 Å². The number of hydrogen-bond donors (Lipinski definition) is 2. The molecule has 0 spiro atoms. The van der Waals surface area contributed by atoms with Gasteiger partial charge in [-0.05, 0) is 12.1 Å². The zero-order valence-corrected chi connectivity index (χ0v) is 9.75. The number of anilines is 2. The normalized spacial score (nSPS) is 9.56. The molecule has 0 aliphatic heterocycles. The molecule has 0 aliphatic rings. The molecule has 7 heteroatoms. The van der Waals surface area contributed by atoms with Crippen molar-refractivity contribution in [2.45, 2.75) is 6.54 Å². The van der Waals surface area contributed by atoms with Gasteiger partial charge < -0.3 is 10.6 Å². The summed E-state index contributed by atoms with van der Waals surface area (Å²) in [7, 11) is 1.72. The molecule has 0 aliphatic carbocycles. The van der Waals surface area contributed by atoms with Gasteiger partial charge in [-0.25, -0.2) is 4.98 Å². The lowest BCUT2D eigenvalue weighted by Crippen LogP contribution is -2.07. The summed E-state index contributed by atoms with van der Waals surface area (Å²) in [5, 5.41) is 22.5. The van der Waals surface area contributed by atoms with Gasteiger partial charge in [-0.3, -0.25) is 0 Å².